The number of carbonyl (C=O) groups excluding carboxylic acids is 2. The minimum absolute atomic E-state index is 0.427. The van der Waals surface area contributed by atoms with Gasteiger partial charge in [-0.3, -0.25) is 9.59 Å². The maximum atomic E-state index is 11.9. The highest BCUT2D eigenvalue weighted by atomic mass is 35.5. The van der Waals surface area contributed by atoms with Crippen LogP contribution >= 0.6 is 11.6 Å². The maximum Gasteiger partial charge on any atom is 0.247 e. The number of nitrogens with two attached hydrogens (primary N) is 2. The molecule has 104 valence electrons. The molecule has 0 aliphatic rings. The maximum absolute atomic E-state index is 11.9. The van der Waals surface area contributed by atoms with E-state index < -0.39 is 23.4 Å². The Morgan fingerprint density at radius 1 is 1.47 bits per heavy atom. The summed E-state index contributed by atoms with van der Waals surface area (Å²) in [5.41, 5.74) is 10.2. The van der Waals surface area contributed by atoms with Crippen molar-refractivity contribution in [3.63, 3.8) is 0 Å². The number of carbonyl (C=O) groups is 2. The molecular weight excluding hydrogens is 266 g/mol. The molecule has 5 N–H and O–H groups in total. The van der Waals surface area contributed by atoms with E-state index in [1.165, 1.54) is 6.92 Å². The first kappa shape index (κ1) is 15.5. The molecular formula is C13H18ClN3O2. The van der Waals surface area contributed by atoms with Crippen molar-refractivity contribution >= 4 is 23.4 Å². The minimum Gasteiger partial charge on any atom is -0.367 e. The van der Waals surface area contributed by atoms with Crippen LogP contribution in [0.4, 0.5) is 0 Å². The van der Waals surface area contributed by atoms with Crippen LogP contribution in [-0.4, -0.2) is 17.9 Å². The molecule has 1 rings (SSSR count). The number of nitrogens with one attached hydrogen (secondary N) is 1. The summed E-state index contributed by atoms with van der Waals surface area (Å²) in [7, 11) is 0. The molecule has 19 heavy (non-hydrogen) atoms. The van der Waals surface area contributed by atoms with E-state index >= 15 is 0 Å². The third-order valence-electron chi connectivity index (χ3n) is 3.04. The van der Waals surface area contributed by atoms with Gasteiger partial charge in [-0.1, -0.05) is 30.7 Å². The van der Waals surface area contributed by atoms with Crippen molar-refractivity contribution < 1.29 is 9.59 Å². The van der Waals surface area contributed by atoms with Gasteiger partial charge < -0.3 is 16.8 Å². The van der Waals surface area contributed by atoms with Crippen LogP contribution in [0.15, 0.2) is 24.3 Å². The molecule has 1 aromatic carbocycles. The van der Waals surface area contributed by atoms with Crippen LogP contribution in [-0.2, 0) is 15.1 Å². The normalized spacial score (nSPS) is 15.4. The van der Waals surface area contributed by atoms with Crippen LogP contribution in [0.1, 0.15) is 25.8 Å². The quantitative estimate of drug-likeness (QED) is 0.748. The zero-order chi connectivity index (χ0) is 14.6. The lowest BCUT2D eigenvalue weighted by molar-refractivity contribution is -0.132. The molecule has 0 bridgehead atoms. The molecule has 0 radical (unpaired) electrons. The number of benzene rings is 1. The first-order valence-electron chi connectivity index (χ1n) is 5.94. The summed E-state index contributed by atoms with van der Waals surface area (Å²) in [6.07, 6.45) is 0.468. The van der Waals surface area contributed by atoms with Gasteiger partial charge in [0.05, 0.1) is 6.04 Å². The van der Waals surface area contributed by atoms with Gasteiger partial charge in [-0.15, -0.1) is 0 Å². The second-order valence-corrected chi connectivity index (χ2v) is 4.94. The van der Waals surface area contributed by atoms with Gasteiger partial charge in [0.15, 0.2) is 0 Å². The zero-order valence-corrected chi connectivity index (χ0v) is 11.7. The molecule has 0 aliphatic heterocycles. The molecule has 0 aromatic heterocycles. The molecule has 1 unspecified atom stereocenters. The molecule has 1 aromatic rings. The Kier molecular flexibility index (Phi) is 4.91. The van der Waals surface area contributed by atoms with Gasteiger partial charge >= 0.3 is 0 Å². The molecule has 0 aliphatic carbocycles. The number of primary amides is 1. The summed E-state index contributed by atoms with van der Waals surface area (Å²) < 4.78 is 0. The topological polar surface area (TPSA) is 98.2 Å². The fraction of sp³-hybridized carbons (Fsp3) is 0.385. The molecule has 0 saturated carbocycles. The monoisotopic (exact) mass is 283 g/mol. The van der Waals surface area contributed by atoms with Gasteiger partial charge in [0.1, 0.15) is 5.54 Å². The number of hydrogen-bond acceptors (Lipinski definition) is 3. The van der Waals surface area contributed by atoms with Gasteiger partial charge in [-0.25, -0.2) is 0 Å². The van der Waals surface area contributed by atoms with Crippen LogP contribution in [0.5, 0.6) is 0 Å². The molecule has 5 nitrogen and oxygen atoms in total. The number of hydrogen-bond donors (Lipinski definition) is 3. The Balaban J connectivity index is 3.11. The third kappa shape index (κ3) is 3.45. The lowest BCUT2D eigenvalue weighted by Gasteiger charge is -2.29. The zero-order valence-electron chi connectivity index (χ0n) is 10.9. The fourth-order valence-electron chi connectivity index (χ4n) is 1.60. The summed E-state index contributed by atoms with van der Waals surface area (Å²) in [5.74, 6) is -1.10. The highest BCUT2D eigenvalue weighted by Crippen LogP contribution is 2.23. The molecule has 6 heteroatoms. The van der Waals surface area contributed by atoms with Crippen molar-refractivity contribution in [1.82, 2.24) is 5.32 Å². The summed E-state index contributed by atoms with van der Waals surface area (Å²) >= 11 is 5.89. The Morgan fingerprint density at radius 2 is 2.11 bits per heavy atom. The second kappa shape index (κ2) is 6.04. The van der Waals surface area contributed by atoms with Crippen molar-refractivity contribution in [2.24, 2.45) is 11.5 Å². The van der Waals surface area contributed by atoms with E-state index in [9.17, 15) is 9.59 Å². The Morgan fingerprint density at radius 3 is 2.58 bits per heavy atom. The molecule has 0 saturated heterocycles. The molecule has 0 spiro atoms. The Bertz CT molecular complexity index is 493. The lowest BCUT2D eigenvalue weighted by Crippen LogP contribution is -2.56. The van der Waals surface area contributed by atoms with Crippen LogP contribution in [0.25, 0.3) is 0 Å². The van der Waals surface area contributed by atoms with Gasteiger partial charge in [0, 0.05) is 5.02 Å². The predicted octanol–water partition coefficient (Wildman–Crippen LogP) is 0.894. The molecule has 2 atom stereocenters. The van der Waals surface area contributed by atoms with Crippen LogP contribution in [0, 0.1) is 0 Å². The summed E-state index contributed by atoms with van der Waals surface area (Å²) in [6, 6.07) is 5.94. The van der Waals surface area contributed by atoms with Gasteiger partial charge in [0.2, 0.25) is 11.8 Å². The molecule has 0 heterocycles. The van der Waals surface area contributed by atoms with E-state index in [1.54, 1.807) is 31.2 Å². The SMILES string of the molecule is CC[C@H](N)C(=O)NC(C)(C(N)=O)c1cccc(Cl)c1. The van der Waals surface area contributed by atoms with E-state index in [-0.39, 0.29) is 0 Å². The van der Waals surface area contributed by atoms with E-state index in [0.29, 0.717) is 17.0 Å². The van der Waals surface area contributed by atoms with Crippen LogP contribution in [0.3, 0.4) is 0 Å². The minimum atomic E-state index is -1.34. The van der Waals surface area contributed by atoms with E-state index in [2.05, 4.69) is 5.32 Å². The number of halogens is 1. The number of amides is 2. The van der Waals surface area contributed by atoms with Gasteiger partial charge in [0.25, 0.3) is 0 Å². The number of rotatable bonds is 5. The Labute approximate surface area is 117 Å². The predicted molar refractivity (Wildman–Crippen MR) is 74.4 cm³/mol. The van der Waals surface area contributed by atoms with E-state index in [1.807, 2.05) is 0 Å². The standard InChI is InChI=1S/C13H18ClN3O2/c1-3-10(15)11(18)17-13(2,12(16)19)8-5-4-6-9(14)7-8/h4-7,10H,3,15H2,1-2H3,(H2,16,19)(H,17,18)/t10-,13?/m0/s1. The molecule has 0 fully saturated rings. The van der Waals surface area contributed by atoms with E-state index in [4.69, 9.17) is 23.1 Å². The highest BCUT2D eigenvalue weighted by molar-refractivity contribution is 6.30. The third-order valence-corrected chi connectivity index (χ3v) is 3.28. The van der Waals surface area contributed by atoms with Gasteiger partial charge in [-0.2, -0.15) is 0 Å². The largest absolute Gasteiger partial charge is 0.367 e. The summed E-state index contributed by atoms with van der Waals surface area (Å²) in [6.45, 7) is 3.31. The van der Waals surface area contributed by atoms with Crippen molar-refractivity contribution in [2.75, 3.05) is 0 Å². The molecule has 2 amide bonds. The summed E-state index contributed by atoms with van der Waals surface area (Å²) in [5, 5.41) is 3.05. The average Bonchev–Trinajstić information content (AvgIpc) is 2.37. The first-order chi connectivity index (χ1) is 8.81. The van der Waals surface area contributed by atoms with Crippen molar-refractivity contribution in [3.05, 3.63) is 34.9 Å². The van der Waals surface area contributed by atoms with Crippen molar-refractivity contribution in [2.45, 2.75) is 31.8 Å². The van der Waals surface area contributed by atoms with Crippen molar-refractivity contribution in [3.8, 4) is 0 Å². The highest BCUT2D eigenvalue weighted by Gasteiger charge is 2.36. The first-order valence-corrected chi connectivity index (χ1v) is 6.32. The lowest BCUT2D eigenvalue weighted by atomic mass is 9.90. The second-order valence-electron chi connectivity index (χ2n) is 4.50. The van der Waals surface area contributed by atoms with E-state index in [0.717, 1.165) is 0 Å². The van der Waals surface area contributed by atoms with Crippen molar-refractivity contribution in [1.29, 1.82) is 0 Å². The summed E-state index contributed by atoms with van der Waals surface area (Å²) in [4.78, 5) is 23.6. The smallest absolute Gasteiger partial charge is 0.247 e. The Hall–Kier alpha value is -1.59. The van der Waals surface area contributed by atoms with Gasteiger partial charge in [-0.05, 0) is 31.0 Å². The fourth-order valence-corrected chi connectivity index (χ4v) is 1.79. The average molecular weight is 284 g/mol. The van der Waals surface area contributed by atoms with Crippen LogP contribution in [0.2, 0.25) is 5.02 Å². The van der Waals surface area contributed by atoms with Crippen LogP contribution < -0.4 is 16.8 Å².